The second-order valence-corrected chi connectivity index (χ2v) is 6.83. The highest BCUT2D eigenvalue weighted by molar-refractivity contribution is 6.41. The predicted octanol–water partition coefficient (Wildman–Crippen LogP) is 4.63. The Hall–Kier alpha value is -3.59. The third-order valence-electron chi connectivity index (χ3n) is 4.26. The molecule has 3 rings (SSSR count). The molecule has 0 aliphatic rings. The summed E-state index contributed by atoms with van der Waals surface area (Å²) < 4.78 is 40.4. The molecule has 2 amide bonds. The molecule has 0 spiro atoms. The van der Waals surface area contributed by atoms with E-state index in [1.54, 1.807) is 19.1 Å². The van der Waals surface area contributed by atoms with E-state index < -0.39 is 23.6 Å². The van der Waals surface area contributed by atoms with Crippen LogP contribution in [0.5, 0.6) is 0 Å². The zero-order valence-electron chi connectivity index (χ0n) is 16.1. The molecule has 6 nitrogen and oxygen atoms in total. The smallest absolute Gasteiger partial charge is 0.324 e. The van der Waals surface area contributed by atoms with E-state index in [4.69, 9.17) is 11.6 Å². The van der Waals surface area contributed by atoms with E-state index in [1.165, 1.54) is 0 Å². The second kappa shape index (κ2) is 9.05. The highest BCUT2D eigenvalue weighted by Gasteiger charge is 2.31. The van der Waals surface area contributed by atoms with E-state index in [0.717, 1.165) is 17.8 Å². The summed E-state index contributed by atoms with van der Waals surface area (Å²) in [7, 11) is 0. The van der Waals surface area contributed by atoms with Crippen molar-refractivity contribution < 1.29 is 22.8 Å². The first-order valence-electron chi connectivity index (χ1n) is 8.91. The number of nitrogens with one attached hydrogen (secondary N) is 2. The van der Waals surface area contributed by atoms with Gasteiger partial charge in [0.1, 0.15) is 0 Å². The van der Waals surface area contributed by atoms with Gasteiger partial charge in [-0.3, -0.25) is 9.59 Å². The molecule has 31 heavy (non-hydrogen) atoms. The summed E-state index contributed by atoms with van der Waals surface area (Å²) in [4.78, 5) is 24.0. The molecule has 160 valence electrons. The second-order valence-electron chi connectivity index (χ2n) is 6.42. The fourth-order valence-electron chi connectivity index (χ4n) is 2.61. The van der Waals surface area contributed by atoms with E-state index in [1.807, 2.05) is 41.2 Å². The van der Waals surface area contributed by atoms with E-state index in [-0.39, 0.29) is 10.7 Å². The molecule has 0 saturated carbocycles. The van der Waals surface area contributed by atoms with Crippen molar-refractivity contribution in [3.05, 3.63) is 83.1 Å². The van der Waals surface area contributed by atoms with Crippen molar-refractivity contribution in [1.82, 2.24) is 9.99 Å². The van der Waals surface area contributed by atoms with Crippen molar-refractivity contribution in [2.45, 2.75) is 13.1 Å². The van der Waals surface area contributed by atoms with E-state index in [2.05, 4.69) is 15.8 Å². The van der Waals surface area contributed by atoms with Crippen LogP contribution in [0.2, 0.25) is 5.02 Å². The largest absolute Gasteiger partial charge is 0.416 e. The minimum absolute atomic E-state index is 0.142. The van der Waals surface area contributed by atoms with E-state index in [0.29, 0.717) is 17.3 Å². The van der Waals surface area contributed by atoms with Crippen molar-refractivity contribution >= 4 is 34.8 Å². The highest BCUT2D eigenvalue weighted by Crippen LogP contribution is 2.33. The highest BCUT2D eigenvalue weighted by atomic mass is 35.5. The Labute approximate surface area is 180 Å². The van der Waals surface area contributed by atoms with Gasteiger partial charge in [0, 0.05) is 18.1 Å². The predicted molar refractivity (Wildman–Crippen MR) is 111 cm³/mol. The monoisotopic (exact) mass is 448 g/mol. The summed E-state index contributed by atoms with van der Waals surface area (Å²) >= 11 is 5.81. The molecular formula is C21H16ClF3N4O2. The quantitative estimate of drug-likeness (QED) is 0.347. The van der Waals surface area contributed by atoms with Crippen LogP contribution < -0.4 is 10.7 Å². The lowest BCUT2D eigenvalue weighted by atomic mass is 10.1. The van der Waals surface area contributed by atoms with E-state index >= 15 is 0 Å². The first kappa shape index (κ1) is 22.1. The molecule has 10 heteroatoms. The van der Waals surface area contributed by atoms with Gasteiger partial charge in [0.05, 0.1) is 22.0 Å². The number of hydrogen-bond acceptors (Lipinski definition) is 3. The average molecular weight is 449 g/mol. The number of carbonyl (C=O) groups excluding carboxylic acids is 2. The fraction of sp³-hybridized carbons (Fsp3) is 0.0952. The zero-order chi connectivity index (χ0) is 22.6. The van der Waals surface area contributed by atoms with Crippen LogP contribution in [-0.2, 0) is 15.8 Å². The number of anilines is 1. The van der Waals surface area contributed by atoms with Gasteiger partial charge in [0.25, 0.3) is 0 Å². The van der Waals surface area contributed by atoms with Crippen LogP contribution in [0.25, 0.3) is 5.69 Å². The van der Waals surface area contributed by atoms with Gasteiger partial charge in [0.15, 0.2) is 0 Å². The summed E-state index contributed by atoms with van der Waals surface area (Å²) in [5.74, 6) is -2.36. The molecule has 0 aliphatic heterocycles. The number of amides is 2. The van der Waals surface area contributed by atoms with Crippen molar-refractivity contribution in [3.8, 4) is 5.69 Å². The number of aromatic nitrogens is 1. The molecule has 1 heterocycles. The molecule has 1 aromatic heterocycles. The standard InChI is InChI=1S/C21H16ClF3N4O2/c1-13(14-4-7-16(8-5-14)29-10-2-3-11-29)27-28-20(31)19(30)26-18-12-15(21(23,24)25)6-9-17(18)22/h2-12H,1H3,(H,26,30)(H,28,31)/b27-13+. The zero-order valence-corrected chi connectivity index (χ0v) is 16.8. The van der Waals surface area contributed by atoms with Gasteiger partial charge >= 0.3 is 18.0 Å². The number of nitrogens with zero attached hydrogens (tertiary/aromatic N) is 2. The maximum absolute atomic E-state index is 12.8. The summed E-state index contributed by atoms with van der Waals surface area (Å²) in [6, 6.07) is 13.5. The van der Waals surface area contributed by atoms with Crippen molar-refractivity contribution in [2.24, 2.45) is 5.10 Å². The van der Waals surface area contributed by atoms with Crippen molar-refractivity contribution in [3.63, 3.8) is 0 Å². The molecule has 3 aromatic rings. The molecule has 0 radical (unpaired) electrons. The number of carbonyl (C=O) groups is 2. The SMILES string of the molecule is C/C(=N\NC(=O)C(=O)Nc1cc(C(F)(F)F)ccc1Cl)c1ccc(-n2cccc2)cc1. The Morgan fingerprint density at radius 1 is 1.00 bits per heavy atom. The Kier molecular flexibility index (Phi) is 6.45. The third kappa shape index (κ3) is 5.52. The molecule has 0 atom stereocenters. The molecular weight excluding hydrogens is 433 g/mol. The van der Waals surface area contributed by atoms with Gasteiger partial charge < -0.3 is 9.88 Å². The Morgan fingerprint density at radius 2 is 1.65 bits per heavy atom. The number of hydrazone groups is 1. The third-order valence-corrected chi connectivity index (χ3v) is 4.59. The van der Waals surface area contributed by atoms with Gasteiger partial charge in [-0.2, -0.15) is 18.3 Å². The van der Waals surface area contributed by atoms with Crippen LogP contribution in [0.4, 0.5) is 18.9 Å². The fourth-order valence-corrected chi connectivity index (χ4v) is 2.77. The molecule has 0 bridgehead atoms. The van der Waals surface area contributed by atoms with Crippen molar-refractivity contribution in [1.29, 1.82) is 0 Å². The Morgan fingerprint density at radius 3 is 2.26 bits per heavy atom. The molecule has 0 saturated heterocycles. The number of rotatable bonds is 4. The van der Waals surface area contributed by atoms with Crippen LogP contribution >= 0.6 is 11.6 Å². The summed E-state index contributed by atoms with van der Waals surface area (Å²) in [5, 5.41) is 5.78. The van der Waals surface area contributed by atoms with Gasteiger partial charge in [-0.15, -0.1) is 0 Å². The summed E-state index contributed by atoms with van der Waals surface area (Å²) in [6.07, 6.45) is -0.832. The van der Waals surface area contributed by atoms with E-state index in [9.17, 15) is 22.8 Å². The van der Waals surface area contributed by atoms with Gasteiger partial charge in [-0.05, 0) is 55.0 Å². The molecule has 0 fully saturated rings. The van der Waals surface area contributed by atoms with Gasteiger partial charge in [-0.25, -0.2) is 5.43 Å². The first-order chi connectivity index (χ1) is 14.6. The number of hydrogen-bond donors (Lipinski definition) is 2. The maximum atomic E-state index is 12.8. The normalized spacial score (nSPS) is 11.8. The van der Waals surface area contributed by atoms with Crippen LogP contribution in [0.1, 0.15) is 18.1 Å². The number of alkyl halides is 3. The van der Waals surface area contributed by atoms with Crippen LogP contribution in [0.3, 0.4) is 0 Å². The van der Waals surface area contributed by atoms with Crippen molar-refractivity contribution in [2.75, 3.05) is 5.32 Å². The maximum Gasteiger partial charge on any atom is 0.416 e. The molecule has 2 aromatic carbocycles. The van der Waals surface area contributed by atoms with Crippen LogP contribution in [0.15, 0.2) is 72.1 Å². The summed E-state index contributed by atoms with van der Waals surface area (Å²) in [5.41, 5.74) is 2.80. The summed E-state index contributed by atoms with van der Waals surface area (Å²) in [6.45, 7) is 1.63. The Balaban J connectivity index is 1.64. The minimum Gasteiger partial charge on any atom is -0.324 e. The molecule has 2 N–H and O–H groups in total. The molecule has 0 unspecified atom stereocenters. The van der Waals surface area contributed by atoms with Gasteiger partial charge in [0.2, 0.25) is 0 Å². The first-order valence-corrected chi connectivity index (χ1v) is 9.29. The topological polar surface area (TPSA) is 75.5 Å². The Bertz CT molecular complexity index is 1120. The van der Waals surface area contributed by atoms with Crippen LogP contribution in [0, 0.1) is 0 Å². The molecule has 0 aliphatic carbocycles. The lowest BCUT2D eigenvalue weighted by Gasteiger charge is -2.11. The number of benzene rings is 2. The average Bonchev–Trinajstić information content (AvgIpc) is 3.27. The number of halogens is 4. The lowest BCUT2D eigenvalue weighted by molar-refractivity contribution is -0.137. The van der Waals surface area contributed by atoms with Crippen LogP contribution in [-0.4, -0.2) is 22.1 Å². The van der Waals surface area contributed by atoms with Gasteiger partial charge in [-0.1, -0.05) is 23.7 Å². The minimum atomic E-state index is -4.62. The lowest BCUT2D eigenvalue weighted by Crippen LogP contribution is -2.33.